The van der Waals surface area contributed by atoms with E-state index in [2.05, 4.69) is 48.6 Å². The van der Waals surface area contributed by atoms with Crippen molar-refractivity contribution in [2.45, 2.75) is 39.2 Å². The zero-order chi connectivity index (χ0) is 12.5. The Morgan fingerprint density at radius 2 is 2.18 bits per heavy atom. The second-order valence-electron chi connectivity index (χ2n) is 4.63. The van der Waals surface area contributed by atoms with Gasteiger partial charge < -0.3 is 5.32 Å². The molecular formula is C14H26N2S. The van der Waals surface area contributed by atoms with Crippen molar-refractivity contribution in [1.29, 1.82) is 0 Å². The Bertz CT molecular complexity index is 272. The summed E-state index contributed by atoms with van der Waals surface area (Å²) in [6.45, 7) is 7.90. The first-order valence-corrected chi connectivity index (χ1v) is 7.58. The maximum Gasteiger partial charge on any atom is 0.0410 e. The normalized spacial score (nSPS) is 13.2. The van der Waals surface area contributed by atoms with E-state index in [-0.39, 0.29) is 0 Å². The first-order valence-electron chi connectivity index (χ1n) is 6.70. The fourth-order valence-electron chi connectivity index (χ4n) is 1.82. The van der Waals surface area contributed by atoms with E-state index in [1.54, 1.807) is 0 Å². The molecule has 17 heavy (non-hydrogen) atoms. The molecule has 0 aromatic carbocycles. The SMILES string of the molecule is CCCCCNCCN(C)C(C)c1cccs1. The summed E-state index contributed by atoms with van der Waals surface area (Å²) < 4.78 is 0. The Balaban J connectivity index is 2.10. The Morgan fingerprint density at radius 3 is 2.82 bits per heavy atom. The minimum atomic E-state index is 0.535. The van der Waals surface area contributed by atoms with Crippen LogP contribution in [0.3, 0.4) is 0 Å². The molecule has 0 spiro atoms. The van der Waals surface area contributed by atoms with Crippen LogP contribution in [0.1, 0.15) is 44.0 Å². The monoisotopic (exact) mass is 254 g/mol. The van der Waals surface area contributed by atoms with Gasteiger partial charge in [0, 0.05) is 24.0 Å². The summed E-state index contributed by atoms with van der Waals surface area (Å²) in [4.78, 5) is 3.87. The van der Waals surface area contributed by atoms with Gasteiger partial charge in [-0.2, -0.15) is 0 Å². The summed E-state index contributed by atoms with van der Waals surface area (Å²) in [5.41, 5.74) is 0. The molecule has 0 aliphatic rings. The average molecular weight is 254 g/mol. The number of likely N-dealkylation sites (N-methyl/N-ethyl adjacent to an activating group) is 1. The maximum atomic E-state index is 3.51. The van der Waals surface area contributed by atoms with Crippen molar-refractivity contribution >= 4 is 11.3 Å². The van der Waals surface area contributed by atoms with Crippen LogP contribution >= 0.6 is 11.3 Å². The standard InChI is InChI=1S/C14H26N2S/c1-4-5-6-9-15-10-11-16(3)13(2)14-8-7-12-17-14/h7-8,12-13,15H,4-6,9-11H2,1-3H3. The molecular weight excluding hydrogens is 228 g/mol. The van der Waals surface area contributed by atoms with Crippen LogP contribution in [0.15, 0.2) is 17.5 Å². The summed E-state index contributed by atoms with van der Waals surface area (Å²) >= 11 is 1.85. The number of thiophene rings is 1. The van der Waals surface area contributed by atoms with Gasteiger partial charge in [-0.1, -0.05) is 25.8 Å². The first-order chi connectivity index (χ1) is 8.25. The maximum absolute atomic E-state index is 3.51. The molecule has 0 aliphatic carbocycles. The fourth-order valence-corrected chi connectivity index (χ4v) is 2.67. The van der Waals surface area contributed by atoms with E-state index in [9.17, 15) is 0 Å². The second-order valence-corrected chi connectivity index (χ2v) is 5.61. The molecule has 3 heteroatoms. The molecule has 1 aromatic rings. The fraction of sp³-hybridized carbons (Fsp3) is 0.714. The summed E-state index contributed by atoms with van der Waals surface area (Å²) in [5, 5.41) is 5.67. The highest BCUT2D eigenvalue weighted by Gasteiger charge is 2.11. The van der Waals surface area contributed by atoms with Gasteiger partial charge >= 0.3 is 0 Å². The van der Waals surface area contributed by atoms with Gasteiger partial charge in [-0.05, 0) is 38.4 Å². The number of hydrogen-bond acceptors (Lipinski definition) is 3. The van der Waals surface area contributed by atoms with Crippen LogP contribution in [0, 0.1) is 0 Å². The minimum Gasteiger partial charge on any atom is -0.315 e. The van der Waals surface area contributed by atoms with E-state index >= 15 is 0 Å². The van der Waals surface area contributed by atoms with Gasteiger partial charge in [-0.3, -0.25) is 4.90 Å². The van der Waals surface area contributed by atoms with Gasteiger partial charge in [0.1, 0.15) is 0 Å². The Hall–Kier alpha value is -0.380. The highest BCUT2D eigenvalue weighted by Crippen LogP contribution is 2.22. The lowest BCUT2D eigenvalue weighted by atomic mass is 10.2. The second kappa shape index (κ2) is 8.67. The van der Waals surface area contributed by atoms with Crippen LogP contribution in [-0.2, 0) is 0 Å². The molecule has 0 saturated heterocycles. The van der Waals surface area contributed by atoms with Crippen molar-refractivity contribution in [2.24, 2.45) is 0 Å². The number of unbranched alkanes of at least 4 members (excludes halogenated alkanes) is 2. The number of rotatable bonds is 9. The molecule has 1 rings (SSSR count). The predicted molar refractivity (Wildman–Crippen MR) is 77.8 cm³/mol. The molecule has 0 aliphatic heterocycles. The van der Waals surface area contributed by atoms with Crippen molar-refractivity contribution in [3.05, 3.63) is 22.4 Å². The lowest BCUT2D eigenvalue weighted by Gasteiger charge is -2.23. The quantitative estimate of drug-likeness (QED) is 0.678. The molecule has 1 unspecified atom stereocenters. The third kappa shape index (κ3) is 5.66. The van der Waals surface area contributed by atoms with Gasteiger partial charge in [0.2, 0.25) is 0 Å². The van der Waals surface area contributed by atoms with Crippen molar-refractivity contribution < 1.29 is 0 Å². The molecule has 1 heterocycles. The number of nitrogens with one attached hydrogen (secondary N) is 1. The van der Waals surface area contributed by atoms with Crippen LogP contribution in [0.2, 0.25) is 0 Å². The van der Waals surface area contributed by atoms with Crippen LogP contribution in [-0.4, -0.2) is 31.6 Å². The zero-order valence-electron chi connectivity index (χ0n) is 11.4. The van der Waals surface area contributed by atoms with Gasteiger partial charge in [-0.25, -0.2) is 0 Å². The highest BCUT2D eigenvalue weighted by molar-refractivity contribution is 7.10. The van der Waals surface area contributed by atoms with Crippen LogP contribution in [0.5, 0.6) is 0 Å². The van der Waals surface area contributed by atoms with E-state index in [0.29, 0.717) is 6.04 Å². The smallest absolute Gasteiger partial charge is 0.0410 e. The summed E-state index contributed by atoms with van der Waals surface area (Å²) in [6.07, 6.45) is 3.95. The molecule has 0 fully saturated rings. The Morgan fingerprint density at radius 1 is 1.35 bits per heavy atom. The summed E-state index contributed by atoms with van der Waals surface area (Å²) in [5.74, 6) is 0. The first kappa shape index (κ1) is 14.7. The zero-order valence-corrected chi connectivity index (χ0v) is 12.2. The number of hydrogen-bond donors (Lipinski definition) is 1. The van der Waals surface area contributed by atoms with Crippen molar-refractivity contribution in [3.8, 4) is 0 Å². The number of nitrogens with zero attached hydrogens (tertiary/aromatic N) is 1. The van der Waals surface area contributed by atoms with Crippen LogP contribution < -0.4 is 5.32 Å². The lowest BCUT2D eigenvalue weighted by Crippen LogP contribution is -2.31. The Labute approximate surface area is 110 Å². The third-order valence-corrected chi connectivity index (χ3v) is 4.26. The van der Waals surface area contributed by atoms with Crippen LogP contribution in [0.25, 0.3) is 0 Å². The molecule has 0 amide bonds. The molecule has 1 aromatic heterocycles. The molecule has 1 N–H and O–H groups in total. The topological polar surface area (TPSA) is 15.3 Å². The third-order valence-electron chi connectivity index (χ3n) is 3.21. The van der Waals surface area contributed by atoms with Gasteiger partial charge in [0.25, 0.3) is 0 Å². The van der Waals surface area contributed by atoms with Crippen molar-refractivity contribution in [3.63, 3.8) is 0 Å². The summed E-state index contributed by atoms with van der Waals surface area (Å²) in [6, 6.07) is 4.89. The van der Waals surface area contributed by atoms with E-state index in [1.165, 1.54) is 24.1 Å². The lowest BCUT2D eigenvalue weighted by molar-refractivity contribution is 0.264. The summed E-state index contributed by atoms with van der Waals surface area (Å²) in [7, 11) is 2.21. The van der Waals surface area contributed by atoms with E-state index in [4.69, 9.17) is 0 Å². The molecule has 1 atom stereocenters. The largest absolute Gasteiger partial charge is 0.315 e. The molecule has 98 valence electrons. The van der Waals surface area contributed by atoms with E-state index in [1.807, 2.05) is 11.3 Å². The Kier molecular flexibility index (Phi) is 7.49. The van der Waals surface area contributed by atoms with E-state index < -0.39 is 0 Å². The molecule has 0 saturated carbocycles. The van der Waals surface area contributed by atoms with E-state index in [0.717, 1.165) is 19.6 Å². The predicted octanol–water partition coefficient (Wildman–Crippen LogP) is 3.52. The minimum absolute atomic E-state index is 0.535. The highest BCUT2D eigenvalue weighted by atomic mass is 32.1. The van der Waals surface area contributed by atoms with Gasteiger partial charge in [-0.15, -0.1) is 11.3 Å². The molecule has 0 radical (unpaired) electrons. The van der Waals surface area contributed by atoms with Crippen LogP contribution in [0.4, 0.5) is 0 Å². The average Bonchev–Trinajstić information content (AvgIpc) is 2.86. The van der Waals surface area contributed by atoms with Gasteiger partial charge in [0.15, 0.2) is 0 Å². The van der Waals surface area contributed by atoms with Gasteiger partial charge in [0.05, 0.1) is 0 Å². The van der Waals surface area contributed by atoms with Crippen molar-refractivity contribution in [1.82, 2.24) is 10.2 Å². The molecule has 2 nitrogen and oxygen atoms in total. The molecule has 0 bridgehead atoms. The van der Waals surface area contributed by atoms with Crippen molar-refractivity contribution in [2.75, 3.05) is 26.7 Å².